The largest absolute Gasteiger partial charge is 0.454 e. The number of benzene rings is 1. The molecule has 3 heterocycles. The predicted molar refractivity (Wildman–Crippen MR) is 102 cm³/mol. The fourth-order valence-electron chi connectivity index (χ4n) is 3.36. The van der Waals surface area contributed by atoms with Crippen LogP contribution in [0.25, 0.3) is 0 Å². The molecule has 27 heavy (non-hydrogen) atoms. The van der Waals surface area contributed by atoms with Gasteiger partial charge in [-0.2, -0.15) is 0 Å². The second-order valence-corrected chi connectivity index (χ2v) is 7.07. The summed E-state index contributed by atoms with van der Waals surface area (Å²) in [6, 6.07) is 10.7. The summed E-state index contributed by atoms with van der Waals surface area (Å²) in [5.41, 5.74) is 3.64. The van der Waals surface area contributed by atoms with E-state index in [0.717, 1.165) is 31.1 Å². The smallest absolute Gasteiger partial charge is 0.231 e. The number of rotatable bonds is 7. The van der Waals surface area contributed by atoms with E-state index in [1.807, 2.05) is 31.0 Å². The molecule has 0 N–H and O–H groups in total. The Morgan fingerprint density at radius 1 is 0.963 bits per heavy atom. The normalized spacial score (nSPS) is 12.9. The fourth-order valence-corrected chi connectivity index (χ4v) is 3.36. The number of ether oxygens (including phenoxy) is 2. The first kappa shape index (κ1) is 17.5. The highest BCUT2D eigenvalue weighted by Crippen LogP contribution is 2.33. The molecule has 1 aromatic carbocycles. The molecule has 3 aromatic rings. The van der Waals surface area contributed by atoms with E-state index in [1.54, 1.807) is 0 Å². The molecule has 0 fully saturated rings. The van der Waals surface area contributed by atoms with Gasteiger partial charge in [0.2, 0.25) is 6.79 Å². The second kappa shape index (κ2) is 7.80. The van der Waals surface area contributed by atoms with Crippen LogP contribution in [-0.4, -0.2) is 26.2 Å². The van der Waals surface area contributed by atoms with E-state index >= 15 is 0 Å². The van der Waals surface area contributed by atoms with Crippen LogP contribution in [-0.2, 0) is 19.6 Å². The lowest BCUT2D eigenvalue weighted by molar-refractivity contribution is 0.174. The van der Waals surface area contributed by atoms with Gasteiger partial charge in [0, 0.05) is 44.3 Å². The molecule has 0 atom stereocenters. The zero-order chi connectivity index (χ0) is 18.6. The van der Waals surface area contributed by atoms with Gasteiger partial charge in [0.25, 0.3) is 0 Å². The summed E-state index contributed by atoms with van der Waals surface area (Å²) in [6.45, 7) is 7.11. The molecule has 0 aliphatic carbocycles. The van der Waals surface area contributed by atoms with E-state index in [4.69, 9.17) is 9.47 Å². The van der Waals surface area contributed by atoms with Crippen molar-refractivity contribution in [2.45, 2.75) is 39.5 Å². The average Bonchev–Trinajstić information content (AvgIpc) is 3.31. The standard InChI is InChI=1S/C21H24N4O2/c1-16(2)25-14-23-10-19(25)13-24(11-17-5-7-22-8-6-17)12-18-3-4-20-21(9-18)27-15-26-20/h3-10,14,16H,11-13,15H2,1-2H3. The molecule has 6 nitrogen and oxygen atoms in total. The highest BCUT2D eigenvalue weighted by Gasteiger charge is 2.16. The SMILES string of the molecule is CC(C)n1cncc1CN(Cc1ccncc1)Cc1ccc2c(c1)OCO2. The summed E-state index contributed by atoms with van der Waals surface area (Å²) in [5.74, 6) is 1.64. The Hall–Kier alpha value is -2.86. The maximum absolute atomic E-state index is 5.53. The molecule has 6 heteroatoms. The molecule has 0 saturated heterocycles. The first-order chi connectivity index (χ1) is 13.2. The van der Waals surface area contributed by atoms with E-state index in [2.05, 4.69) is 57.5 Å². The van der Waals surface area contributed by atoms with Crippen molar-refractivity contribution in [1.29, 1.82) is 0 Å². The van der Waals surface area contributed by atoms with Crippen LogP contribution in [0.5, 0.6) is 11.5 Å². The number of aromatic nitrogens is 3. The van der Waals surface area contributed by atoms with Crippen LogP contribution in [0.1, 0.15) is 36.7 Å². The van der Waals surface area contributed by atoms with Crippen LogP contribution >= 0.6 is 0 Å². The average molecular weight is 364 g/mol. The van der Waals surface area contributed by atoms with Gasteiger partial charge in [0.15, 0.2) is 11.5 Å². The van der Waals surface area contributed by atoms with Crippen LogP contribution in [0.2, 0.25) is 0 Å². The number of fused-ring (bicyclic) bond motifs is 1. The van der Waals surface area contributed by atoms with Gasteiger partial charge in [-0.1, -0.05) is 6.07 Å². The van der Waals surface area contributed by atoms with Gasteiger partial charge in [0.05, 0.1) is 12.0 Å². The van der Waals surface area contributed by atoms with Crippen molar-refractivity contribution in [2.75, 3.05) is 6.79 Å². The van der Waals surface area contributed by atoms with Crippen LogP contribution in [0.15, 0.2) is 55.2 Å². The minimum Gasteiger partial charge on any atom is -0.454 e. The summed E-state index contributed by atoms with van der Waals surface area (Å²) in [5, 5.41) is 0. The van der Waals surface area contributed by atoms with E-state index in [1.165, 1.54) is 16.8 Å². The van der Waals surface area contributed by atoms with Gasteiger partial charge in [-0.05, 0) is 49.2 Å². The number of pyridine rings is 1. The molecule has 0 bridgehead atoms. The van der Waals surface area contributed by atoms with Crippen molar-refractivity contribution < 1.29 is 9.47 Å². The Morgan fingerprint density at radius 3 is 2.56 bits per heavy atom. The zero-order valence-corrected chi connectivity index (χ0v) is 15.7. The predicted octanol–water partition coefficient (Wildman–Crippen LogP) is 3.79. The summed E-state index contributed by atoms with van der Waals surface area (Å²) in [7, 11) is 0. The summed E-state index contributed by atoms with van der Waals surface area (Å²) >= 11 is 0. The quantitative estimate of drug-likeness (QED) is 0.638. The van der Waals surface area contributed by atoms with Crippen molar-refractivity contribution >= 4 is 0 Å². The van der Waals surface area contributed by atoms with Crippen molar-refractivity contribution in [3.8, 4) is 11.5 Å². The first-order valence-electron chi connectivity index (χ1n) is 9.19. The number of nitrogens with zero attached hydrogens (tertiary/aromatic N) is 4. The van der Waals surface area contributed by atoms with E-state index < -0.39 is 0 Å². The highest BCUT2D eigenvalue weighted by atomic mass is 16.7. The third kappa shape index (κ3) is 4.11. The topological polar surface area (TPSA) is 52.4 Å². The van der Waals surface area contributed by atoms with Gasteiger partial charge in [-0.15, -0.1) is 0 Å². The van der Waals surface area contributed by atoms with Gasteiger partial charge < -0.3 is 14.0 Å². The second-order valence-electron chi connectivity index (χ2n) is 7.07. The molecule has 140 valence electrons. The van der Waals surface area contributed by atoms with Crippen molar-refractivity contribution in [2.24, 2.45) is 0 Å². The third-order valence-electron chi connectivity index (χ3n) is 4.69. The van der Waals surface area contributed by atoms with Crippen molar-refractivity contribution in [1.82, 2.24) is 19.4 Å². The minimum absolute atomic E-state index is 0.299. The van der Waals surface area contributed by atoms with Crippen LogP contribution in [0.4, 0.5) is 0 Å². The third-order valence-corrected chi connectivity index (χ3v) is 4.69. The lowest BCUT2D eigenvalue weighted by Gasteiger charge is -2.24. The molecular weight excluding hydrogens is 340 g/mol. The summed E-state index contributed by atoms with van der Waals surface area (Å²) in [4.78, 5) is 10.9. The lowest BCUT2D eigenvalue weighted by Crippen LogP contribution is -2.24. The summed E-state index contributed by atoms with van der Waals surface area (Å²) < 4.78 is 13.2. The van der Waals surface area contributed by atoms with E-state index in [9.17, 15) is 0 Å². The van der Waals surface area contributed by atoms with Crippen molar-refractivity contribution in [3.63, 3.8) is 0 Å². The summed E-state index contributed by atoms with van der Waals surface area (Å²) in [6.07, 6.45) is 7.54. The molecule has 4 rings (SSSR count). The van der Waals surface area contributed by atoms with Crippen LogP contribution in [0, 0.1) is 0 Å². The van der Waals surface area contributed by atoms with Gasteiger partial charge in [-0.3, -0.25) is 9.88 Å². The molecule has 1 aliphatic rings. The Morgan fingerprint density at radius 2 is 1.74 bits per heavy atom. The van der Waals surface area contributed by atoms with Crippen LogP contribution < -0.4 is 9.47 Å². The molecule has 0 unspecified atom stereocenters. The first-order valence-corrected chi connectivity index (χ1v) is 9.19. The number of hydrogen-bond donors (Lipinski definition) is 0. The van der Waals surface area contributed by atoms with E-state index in [0.29, 0.717) is 12.8 Å². The Balaban J connectivity index is 1.56. The molecule has 2 aromatic heterocycles. The minimum atomic E-state index is 0.299. The Bertz CT molecular complexity index is 892. The fraction of sp³-hybridized carbons (Fsp3) is 0.333. The van der Waals surface area contributed by atoms with Gasteiger partial charge in [0.1, 0.15) is 0 Å². The number of imidazole rings is 1. The molecule has 0 saturated carbocycles. The molecule has 0 amide bonds. The van der Waals surface area contributed by atoms with Gasteiger partial charge in [-0.25, -0.2) is 4.98 Å². The zero-order valence-electron chi connectivity index (χ0n) is 15.7. The molecule has 0 radical (unpaired) electrons. The monoisotopic (exact) mass is 364 g/mol. The van der Waals surface area contributed by atoms with Gasteiger partial charge >= 0.3 is 0 Å². The Kier molecular flexibility index (Phi) is 5.07. The molecule has 0 spiro atoms. The maximum Gasteiger partial charge on any atom is 0.231 e. The Labute approximate surface area is 159 Å². The van der Waals surface area contributed by atoms with Crippen molar-refractivity contribution in [3.05, 3.63) is 72.1 Å². The van der Waals surface area contributed by atoms with E-state index in [-0.39, 0.29) is 0 Å². The number of hydrogen-bond acceptors (Lipinski definition) is 5. The molecular formula is C21H24N4O2. The maximum atomic E-state index is 5.53. The molecule has 1 aliphatic heterocycles. The lowest BCUT2D eigenvalue weighted by atomic mass is 10.1. The highest BCUT2D eigenvalue weighted by molar-refractivity contribution is 5.44. The van der Waals surface area contributed by atoms with Crippen LogP contribution in [0.3, 0.4) is 0 Å².